The van der Waals surface area contributed by atoms with Crippen molar-refractivity contribution in [3.8, 4) is 5.82 Å². The molecule has 1 amide bonds. The van der Waals surface area contributed by atoms with Gasteiger partial charge in [-0.05, 0) is 49.6 Å². The quantitative estimate of drug-likeness (QED) is 0.251. The minimum atomic E-state index is 0. The largest absolute Gasteiger partial charge is 0.357 e. The average Bonchev–Trinajstić information content (AvgIpc) is 3.23. The molecule has 0 saturated carbocycles. The Hall–Kier alpha value is -2.95. The number of hydrogen-bond acceptors (Lipinski definition) is 4. The summed E-state index contributed by atoms with van der Waals surface area (Å²) >= 11 is 0. The first-order valence-electron chi connectivity index (χ1n) is 10.8. The molecule has 33 heavy (non-hydrogen) atoms. The zero-order chi connectivity index (χ0) is 22.9. The van der Waals surface area contributed by atoms with Gasteiger partial charge in [-0.1, -0.05) is 18.2 Å². The maximum Gasteiger partial charge on any atom is 0.253 e. The van der Waals surface area contributed by atoms with Crippen LogP contribution in [-0.2, 0) is 13.0 Å². The van der Waals surface area contributed by atoms with Crippen molar-refractivity contribution in [1.82, 2.24) is 30.1 Å². The van der Waals surface area contributed by atoms with E-state index in [2.05, 4.69) is 25.6 Å². The molecule has 0 saturated heterocycles. The third-order valence-corrected chi connectivity index (χ3v) is 4.93. The van der Waals surface area contributed by atoms with E-state index in [9.17, 15) is 4.79 Å². The van der Waals surface area contributed by atoms with Crippen molar-refractivity contribution in [3.05, 3.63) is 77.5 Å². The minimum Gasteiger partial charge on any atom is -0.357 e. The van der Waals surface area contributed by atoms with Gasteiger partial charge < -0.3 is 15.5 Å². The van der Waals surface area contributed by atoms with Crippen LogP contribution >= 0.6 is 24.0 Å². The molecule has 0 unspecified atom stereocenters. The fourth-order valence-electron chi connectivity index (χ4n) is 3.23. The molecule has 0 aliphatic rings. The smallest absolute Gasteiger partial charge is 0.253 e. The highest BCUT2D eigenvalue weighted by molar-refractivity contribution is 14.0. The molecule has 0 aliphatic heterocycles. The Morgan fingerprint density at radius 1 is 1.12 bits per heavy atom. The van der Waals surface area contributed by atoms with Crippen molar-refractivity contribution in [1.29, 1.82) is 0 Å². The molecule has 1 aromatic carbocycles. The summed E-state index contributed by atoms with van der Waals surface area (Å²) in [6.45, 7) is 6.00. The van der Waals surface area contributed by atoms with Crippen molar-refractivity contribution < 1.29 is 4.79 Å². The van der Waals surface area contributed by atoms with Crippen molar-refractivity contribution in [2.45, 2.75) is 26.8 Å². The second-order valence-electron chi connectivity index (χ2n) is 7.64. The highest BCUT2D eigenvalue weighted by Crippen LogP contribution is 2.10. The van der Waals surface area contributed by atoms with Crippen molar-refractivity contribution in [3.63, 3.8) is 0 Å². The molecule has 176 valence electrons. The van der Waals surface area contributed by atoms with Gasteiger partial charge in [0.2, 0.25) is 0 Å². The molecule has 3 rings (SSSR count). The number of nitrogens with zero attached hydrogens (tertiary/aromatic N) is 5. The highest BCUT2D eigenvalue weighted by Gasteiger charge is 2.08. The summed E-state index contributed by atoms with van der Waals surface area (Å²) in [5.41, 5.74) is 2.84. The van der Waals surface area contributed by atoms with Crippen LogP contribution in [0.2, 0.25) is 0 Å². The van der Waals surface area contributed by atoms with Gasteiger partial charge in [0, 0.05) is 51.3 Å². The fraction of sp³-hybridized carbons (Fsp3) is 0.333. The lowest BCUT2D eigenvalue weighted by Crippen LogP contribution is -2.38. The molecule has 0 spiro atoms. The number of pyridine rings is 1. The Labute approximate surface area is 212 Å². The van der Waals surface area contributed by atoms with E-state index in [0.29, 0.717) is 18.7 Å². The predicted octanol–water partition coefficient (Wildman–Crippen LogP) is 3.19. The first kappa shape index (κ1) is 26.3. The lowest BCUT2D eigenvalue weighted by Gasteiger charge is -2.13. The molecule has 0 atom stereocenters. The van der Waals surface area contributed by atoms with E-state index in [1.165, 1.54) is 0 Å². The van der Waals surface area contributed by atoms with Crippen LogP contribution in [0, 0.1) is 6.92 Å². The maximum atomic E-state index is 12.2. The summed E-state index contributed by atoms with van der Waals surface area (Å²) in [4.78, 5) is 27.2. The van der Waals surface area contributed by atoms with Gasteiger partial charge in [0.25, 0.3) is 5.91 Å². The van der Waals surface area contributed by atoms with E-state index in [0.717, 1.165) is 41.7 Å². The second-order valence-corrected chi connectivity index (χ2v) is 7.64. The third kappa shape index (κ3) is 7.55. The number of guanidine groups is 1. The van der Waals surface area contributed by atoms with Gasteiger partial charge in [-0.15, -0.1) is 24.0 Å². The lowest BCUT2D eigenvalue weighted by molar-refractivity contribution is 0.0827. The predicted molar refractivity (Wildman–Crippen MR) is 142 cm³/mol. The highest BCUT2D eigenvalue weighted by atomic mass is 127. The molecule has 2 N–H and O–H groups in total. The Kier molecular flexibility index (Phi) is 10.3. The van der Waals surface area contributed by atoms with Gasteiger partial charge >= 0.3 is 0 Å². The summed E-state index contributed by atoms with van der Waals surface area (Å²) in [5.74, 6) is 2.51. The summed E-state index contributed by atoms with van der Waals surface area (Å²) in [7, 11) is 3.52. The summed E-state index contributed by atoms with van der Waals surface area (Å²) in [6, 6.07) is 11.8. The number of halogens is 1. The van der Waals surface area contributed by atoms with Gasteiger partial charge in [-0.3, -0.25) is 9.36 Å². The number of benzene rings is 1. The number of rotatable bonds is 8. The number of aliphatic imine (C=N–C) groups is 1. The average molecular weight is 561 g/mol. The molecule has 3 aromatic rings. The van der Waals surface area contributed by atoms with E-state index in [1.807, 2.05) is 67.2 Å². The van der Waals surface area contributed by atoms with Crippen LogP contribution in [0.4, 0.5) is 0 Å². The van der Waals surface area contributed by atoms with Crippen LogP contribution in [0.5, 0.6) is 0 Å². The van der Waals surface area contributed by atoms with E-state index in [1.54, 1.807) is 25.2 Å². The maximum absolute atomic E-state index is 12.2. The molecular formula is C24H32IN7O. The third-order valence-electron chi connectivity index (χ3n) is 4.93. The fourth-order valence-corrected chi connectivity index (χ4v) is 3.23. The summed E-state index contributed by atoms with van der Waals surface area (Å²) < 4.78 is 1.94. The van der Waals surface area contributed by atoms with E-state index in [4.69, 9.17) is 0 Å². The Balaban J connectivity index is 0.00000385. The number of aromatic nitrogens is 3. The SMILES string of the molecule is CCNC(=NCc1ccc(-n2ccnc2C)nc1)NCCc1cccc(C(=O)N(C)C)c1.I. The van der Waals surface area contributed by atoms with Gasteiger partial charge in [0.05, 0.1) is 6.54 Å². The molecule has 9 heteroatoms. The number of nitrogens with one attached hydrogen (secondary N) is 2. The van der Waals surface area contributed by atoms with Gasteiger partial charge in [0.1, 0.15) is 11.6 Å². The summed E-state index contributed by atoms with van der Waals surface area (Å²) in [6.07, 6.45) is 6.29. The molecule has 0 radical (unpaired) electrons. The number of imidazole rings is 1. The molecule has 2 aromatic heterocycles. The van der Waals surface area contributed by atoms with Gasteiger partial charge in [-0.25, -0.2) is 15.0 Å². The molecule has 0 aliphatic carbocycles. The van der Waals surface area contributed by atoms with Gasteiger partial charge in [0.15, 0.2) is 5.96 Å². The topological polar surface area (TPSA) is 87.4 Å². The molecule has 0 bridgehead atoms. The van der Waals surface area contributed by atoms with E-state index < -0.39 is 0 Å². The Morgan fingerprint density at radius 3 is 2.58 bits per heavy atom. The van der Waals surface area contributed by atoms with Crippen molar-refractivity contribution in [2.24, 2.45) is 4.99 Å². The second kappa shape index (κ2) is 12.9. The number of amides is 1. The molecule has 0 fully saturated rings. The number of carbonyl (C=O) groups is 1. The van der Waals surface area contributed by atoms with Gasteiger partial charge in [-0.2, -0.15) is 0 Å². The molecule has 8 nitrogen and oxygen atoms in total. The number of carbonyl (C=O) groups excluding carboxylic acids is 1. The van der Waals surface area contributed by atoms with Crippen LogP contribution in [0.15, 0.2) is 60.0 Å². The Morgan fingerprint density at radius 2 is 1.94 bits per heavy atom. The molecular weight excluding hydrogens is 529 g/mol. The van der Waals surface area contributed by atoms with E-state index >= 15 is 0 Å². The first-order chi connectivity index (χ1) is 15.5. The lowest BCUT2D eigenvalue weighted by atomic mass is 10.1. The van der Waals surface area contributed by atoms with Crippen molar-refractivity contribution in [2.75, 3.05) is 27.2 Å². The van der Waals surface area contributed by atoms with Crippen LogP contribution in [0.3, 0.4) is 0 Å². The number of aryl methyl sites for hydroxylation is 1. The zero-order valence-electron chi connectivity index (χ0n) is 19.6. The van der Waals surface area contributed by atoms with Crippen molar-refractivity contribution >= 4 is 35.8 Å². The van der Waals surface area contributed by atoms with Crippen LogP contribution in [0.25, 0.3) is 5.82 Å². The minimum absolute atomic E-state index is 0. The van der Waals surface area contributed by atoms with Crippen LogP contribution < -0.4 is 10.6 Å². The Bertz CT molecular complexity index is 1060. The molecule has 2 heterocycles. The van der Waals surface area contributed by atoms with Crippen LogP contribution in [0.1, 0.15) is 34.2 Å². The van der Waals surface area contributed by atoms with Crippen LogP contribution in [-0.4, -0.2) is 58.5 Å². The first-order valence-corrected chi connectivity index (χ1v) is 10.8. The zero-order valence-corrected chi connectivity index (χ0v) is 21.9. The number of hydrogen-bond donors (Lipinski definition) is 2. The standard InChI is InChI=1S/C24H31N7O.HI/c1-5-25-24(27-12-11-19-7-6-8-21(15-19)23(32)30(3)4)29-17-20-9-10-22(28-16-20)31-14-13-26-18(31)2;/h6-10,13-16H,5,11-12,17H2,1-4H3,(H2,25,27,29);1H. The summed E-state index contributed by atoms with van der Waals surface area (Å²) in [5, 5.41) is 6.63. The monoisotopic (exact) mass is 561 g/mol. The van der Waals surface area contributed by atoms with E-state index in [-0.39, 0.29) is 29.9 Å². The normalized spacial score (nSPS) is 11.0.